The van der Waals surface area contributed by atoms with Crippen molar-refractivity contribution in [1.82, 2.24) is 0 Å². The topological polar surface area (TPSA) is 63.6 Å². The fourth-order valence-electron chi connectivity index (χ4n) is 1.56. The van der Waals surface area contributed by atoms with Crippen LogP contribution in [-0.4, -0.2) is 23.1 Å². The van der Waals surface area contributed by atoms with Gasteiger partial charge in [0.05, 0.1) is 5.92 Å². The summed E-state index contributed by atoms with van der Waals surface area (Å²) in [6.45, 7) is 1.30. The molecule has 0 saturated heterocycles. The van der Waals surface area contributed by atoms with Gasteiger partial charge in [0.25, 0.3) is 0 Å². The molecule has 68 valence electrons. The van der Waals surface area contributed by atoms with Gasteiger partial charge in [-0.2, -0.15) is 0 Å². The normalized spacial score (nSPS) is 28.4. The van der Waals surface area contributed by atoms with Crippen LogP contribution in [0.15, 0.2) is 0 Å². The Labute approximate surface area is 70.5 Å². The molecule has 0 aromatic carbocycles. The van der Waals surface area contributed by atoms with Crippen LogP contribution in [0, 0.1) is 5.92 Å². The number of esters is 1. The number of carboxylic acids is 1. The molecule has 1 rings (SSSR count). The molecule has 1 N–H and O–H groups in total. The second-order valence-electron chi connectivity index (χ2n) is 3.02. The van der Waals surface area contributed by atoms with Crippen molar-refractivity contribution in [3.05, 3.63) is 0 Å². The molecule has 0 radical (unpaired) electrons. The lowest BCUT2D eigenvalue weighted by Gasteiger charge is -2.14. The Morgan fingerprint density at radius 2 is 2.08 bits per heavy atom. The van der Waals surface area contributed by atoms with Crippen molar-refractivity contribution in [1.29, 1.82) is 0 Å². The van der Waals surface area contributed by atoms with Crippen LogP contribution < -0.4 is 0 Å². The zero-order valence-corrected chi connectivity index (χ0v) is 6.95. The Bertz CT molecular complexity index is 199. The van der Waals surface area contributed by atoms with E-state index in [0.29, 0.717) is 12.8 Å². The van der Waals surface area contributed by atoms with Crippen LogP contribution in [0.3, 0.4) is 0 Å². The third kappa shape index (κ3) is 1.96. The highest BCUT2D eigenvalue weighted by molar-refractivity contribution is 5.72. The minimum atomic E-state index is -0.862. The first-order valence-corrected chi connectivity index (χ1v) is 4.01. The standard InChI is InChI=1S/C8H12O4/c1-5(9)12-7-4-2-3-6(7)8(10)11/h6-7H,2-4H2,1H3,(H,10,11). The Kier molecular flexibility index (Phi) is 2.68. The molecule has 2 atom stereocenters. The lowest BCUT2D eigenvalue weighted by molar-refractivity contribution is -0.154. The zero-order valence-electron chi connectivity index (χ0n) is 6.95. The molecule has 0 aliphatic heterocycles. The zero-order chi connectivity index (χ0) is 9.14. The Morgan fingerprint density at radius 3 is 2.58 bits per heavy atom. The van der Waals surface area contributed by atoms with E-state index in [9.17, 15) is 9.59 Å². The summed E-state index contributed by atoms with van der Waals surface area (Å²) in [6, 6.07) is 0. The van der Waals surface area contributed by atoms with Crippen LogP contribution in [0.1, 0.15) is 26.2 Å². The van der Waals surface area contributed by atoms with Crippen molar-refractivity contribution in [3.8, 4) is 0 Å². The first-order valence-electron chi connectivity index (χ1n) is 4.01. The molecule has 0 amide bonds. The van der Waals surface area contributed by atoms with Gasteiger partial charge in [0, 0.05) is 6.92 Å². The van der Waals surface area contributed by atoms with E-state index < -0.39 is 24.0 Å². The highest BCUT2D eigenvalue weighted by atomic mass is 16.5. The average Bonchev–Trinajstić information content (AvgIpc) is 2.33. The number of carbonyl (C=O) groups excluding carboxylic acids is 1. The maximum atomic E-state index is 10.6. The van der Waals surface area contributed by atoms with Crippen LogP contribution in [0.4, 0.5) is 0 Å². The molecular formula is C8H12O4. The molecule has 0 spiro atoms. The van der Waals surface area contributed by atoms with Crippen molar-refractivity contribution >= 4 is 11.9 Å². The minimum Gasteiger partial charge on any atom is -0.481 e. The number of ether oxygens (including phenoxy) is 1. The second kappa shape index (κ2) is 3.56. The molecule has 1 saturated carbocycles. The van der Waals surface area contributed by atoms with Gasteiger partial charge >= 0.3 is 11.9 Å². The van der Waals surface area contributed by atoms with E-state index >= 15 is 0 Å². The number of carboxylic acid groups (broad SMARTS) is 1. The third-order valence-electron chi connectivity index (χ3n) is 2.09. The monoisotopic (exact) mass is 172 g/mol. The number of aliphatic carboxylic acids is 1. The SMILES string of the molecule is CC(=O)OC1CCCC1C(=O)O. The van der Waals surface area contributed by atoms with E-state index in [-0.39, 0.29) is 0 Å². The Balaban J connectivity index is 2.52. The number of hydrogen-bond donors (Lipinski definition) is 1. The molecule has 1 aliphatic rings. The summed E-state index contributed by atoms with van der Waals surface area (Å²) < 4.78 is 4.87. The highest BCUT2D eigenvalue weighted by Crippen LogP contribution is 2.28. The molecule has 0 bridgehead atoms. The summed E-state index contributed by atoms with van der Waals surface area (Å²) in [4.78, 5) is 21.2. The molecule has 0 heterocycles. The maximum absolute atomic E-state index is 10.6. The van der Waals surface area contributed by atoms with Gasteiger partial charge in [-0.1, -0.05) is 0 Å². The highest BCUT2D eigenvalue weighted by Gasteiger charge is 2.34. The number of rotatable bonds is 2. The largest absolute Gasteiger partial charge is 0.481 e. The molecule has 1 aliphatic carbocycles. The summed E-state index contributed by atoms with van der Waals surface area (Å²) in [5.41, 5.74) is 0. The van der Waals surface area contributed by atoms with Gasteiger partial charge in [0.1, 0.15) is 6.10 Å². The smallest absolute Gasteiger partial charge is 0.310 e. The molecule has 1 fully saturated rings. The van der Waals surface area contributed by atoms with Crippen molar-refractivity contribution in [2.75, 3.05) is 0 Å². The van der Waals surface area contributed by atoms with Crippen LogP contribution >= 0.6 is 0 Å². The quantitative estimate of drug-likeness (QED) is 0.626. The predicted molar refractivity (Wildman–Crippen MR) is 40.5 cm³/mol. The fourth-order valence-corrected chi connectivity index (χ4v) is 1.56. The van der Waals surface area contributed by atoms with Crippen LogP contribution in [-0.2, 0) is 14.3 Å². The second-order valence-corrected chi connectivity index (χ2v) is 3.02. The fraction of sp³-hybridized carbons (Fsp3) is 0.750. The molecule has 0 aromatic rings. The van der Waals surface area contributed by atoms with Gasteiger partial charge in [-0.15, -0.1) is 0 Å². The van der Waals surface area contributed by atoms with E-state index in [2.05, 4.69) is 0 Å². The van der Waals surface area contributed by atoms with Gasteiger partial charge in [-0.3, -0.25) is 9.59 Å². The van der Waals surface area contributed by atoms with E-state index in [4.69, 9.17) is 9.84 Å². The van der Waals surface area contributed by atoms with Gasteiger partial charge in [-0.05, 0) is 19.3 Å². The minimum absolute atomic E-state index is 0.395. The van der Waals surface area contributed by atoms with E-state index in [0.717, 1.165) is 6.42 Å². The summed E-state index contributed by atoms with van der Waals surface area (Å²) in [7, 11) is 0. The van der Waals surface area contributed by atoms with Crippen LogP contribution in [0.25, 0.3) is 0 Å². The Hall–Kier alpha value is -1.06. The third-order valence-corrected chi connectivity index (χ3v) is 2.09. The maximum Gasteiger partial charge on any atom is 0.310 e. The first-order chi connectivity index (χ1) is 5.61. The number of hydrogen-bond acceptors (Lipinski definition) is 3. The van der Waals surface area contributed by atoms with Crippen molar-refractivity contribution in [2.24, 2.45) is 5.92 Å². The van der Waals surface area contributed by atoms with Crippen molar-refractivity contribution < 1.29 is 19.4 Å². The van der Waals surface area contributed by atoms with Crippen LogP contribution in [0.5, 0.6) is 0 Å². The molecule has 4 heteroatoms. The van der Waals surface area contributed by atoms with E-state index in [1.54, 1.807) is 0 Å². The van der Waals surface area contributed by atoms with Crippen LogP contribution in [0.2, 0.25) is 0 Å². The molecular weight excluding hydrogens is 160 g/mol. The molecule has 2 unspecified atom stereocenters. The summed E-state index contributed by atoms with van der Waals surface area (Å²) in [5, 5.41) is 8.71. The lowest BCUT2D eigenvalue weighted by atomic mass is 10.1. The van der Waals surface area contributed by atoms with Gasteiger partial charge in [-0.25, -0.2) is 0 Å². The summed E-state index contributed by atoms with van der Waals surface area (Å²) in [6.07, 6.45) is 1.72. The van der Waals surface area contributed by atoms with Gasteiger partial charge < -0.3 is 9.84 Å². The first kappa shape index (κ1) is 9.03. The predicted octanol–water partition coefficient (Wildman–Crippen LogP) is 0.803. The van der Waals surface area contributed by atoms with E-state index in [1.807, 2.05) is 0 Å². The molecule has 0 aromatic heterocycles. The molecule has 12 heavy (non-hydrogen) atoms. The van der Waals surface area contributed by atoms with Crippen molar-refractivity contribution in [2.45, 2.75) is 32.3 Å². The van der Waals surface area contributed by atoms with Gasteiger partial charge in [0.2, 0.25) is 0 Å². The van der Waals surface area contributed by atoms with Gasteiger partial charge in [0.15, 0.2) is 0 Å². The number of carbonyl (C=O) groups is 2. The van der Waals surface area contributed by atoms with E-state index in [1.165, 1.54) is 6.92 Å². The summed E-state index contributed by atoms with van der Waals surface area (Å²) >= 11 is 0. The average molecular weight is 172 g/mol. The Morgan fingerprint density at radius 1 is 1.42 bits per heavy atom. The van der Waals surface area contributed by atoms with Crippen molar-refractivity contribution in [3.63, 3.8) is 0 Å². The summed E-state index contributed by atoms with van der Waals surface area (Å²) in [5.74, 6) is -1.75. The lowest BCUT2D eigenvalue weighted by Crippen LogP contribution is -2.26. The molecule has 4 nitrogen and oxygen atoms in total.